The van der Waals surface area contributed by atoms with Gasteiger partial charge in [0, 0.05) is 29.6 Å². The third-order valence-electron chi connectivity index (χ3n) is 11.1. The van der Waals surface area contributed by atoms with Crippen LogP contribution in [0.2, 0.25) is 0 Å². The monoisotopic (exact) mass is 500 g/mol. The molecule has 4 aliphatic carbocycles. The molecule has 8 nitrogen and oxygen atoms in total. The summed E-state index contributed by atoms with van der Waals surface area (Å²) in [5.41, 5.74) is -5.23. The van der Waals surface area contributed by atoms with Crippen molar-refractivity contribution in [3.63, 3.8) is 0 Å². The number of rotatable bonds is 2. The van der Waals surface area contributed by atoms with E-state index in [1.807, 2.05) is 26.8 Å². The Balaban J connectivity index is 1.79. The summed E-state index contributed by atoms with van der Waals surface area (Å²) in [5.74, 6) is -3.94. The molecular formula is C28H36O8. The van der Waals surface area contributed by atoms with Crippen LogP contribution >= 0.6 is 0 Å². The molecule has 0 spiro atoms. The fourth-order valence-corrected chi connectivity index (χ4v) is 9.75. The van der Waals surface area contributed by atoms with Gasteiger partial charge in [0.05, 0.1) is 23.9 Å². The molecule has 1 heterocycles. The molecule has 196 valence electrons. The molecule has 2 bridgehead atoms. The number of allylic oxidation sites excluding steroid dienone is 2. The number of carbonyl (C=O) groups is 5. The molecule has 5 aliphatic rings. The highest BCUT2D eigenvalue weighted by Crippen LogP contribution is 2.78. The summed E-state index contributed by atoms with van der Waals surface area (Å²) in [7, 11) is 1.25. The second kappa shape index (κ2) is 7.07. The van der Waals surface area contributed by atoms with E-state index in [9.17, 15) is 24.0 Å². The fourth-order valence-electron chi connectivity index (χ4n) is 9.75. The molecule has 1 aliphatic heterocycles. The molecular weight excluding hydrogens is 464 g/mol. The summed E-state index contributed by atoms with van der Waals surface area (Å²) < 4.78 is 17.1. The number of ketones is 2. The average Bonchev–Trinajstić information content (AvgIpc) is 3.12. The SMILES string of the molecule is COC(=O)[C@]12C(=O)[C@@H](C)C(=O)[C@@]1(C)C(C)=C[C@H]1[C@@]34CC[C@@H](OC(C)=O)C(C)(C)[C@H]3[C@@H](C[C@]12C)OC4=O. The minimum atomic E-state index is -1.77. The van der Waals surface area contributed by atoms with Crippen LogP contribution in [0.5, 0.6) is 0 Å². The van der Waals surface area contributed by atoms with Crippen LogP contribution in [-0.2, 0) is 38.2 Å². The minimum Gasteiger partial charge on any atom is -0.468 e. The van der Waals surface area contributed by atoms with Crippen molar-refractivity contribution >= 4 is 29.5 Å². The minimum absolute atomic E-state index is 0.228. The van der Waals surface area contributed by atoms with Crippen molar-refractivity contribution in [2.24, 2.45) is 44.8 Å². The zero-order chi connectivity index (χ0) is 26.8. The second-order valence-electron chi connectivity index (χ2n) is 12.7. The van der Waals surface area contributed by atoms with Crippen LogP contribution in [0.15, 0.2) is 11.6 Å². The van der Waals surface area contributed by atoms with E-state index in [0.29, 0.717) is 18.4 Å². The molecule has 36 heavy (non-hydrogen) atoms. The lowest BCUT2D eigenvalue weighted by molar-refractivity contribution is -0.216. The van der Waals surface area contributed by atoms with Gasteiger partial charge < -0.3 is 14.2 Å². The summed E-state index contributed by atoms with van der Waals surface area (Å²) >= 11 is 0. The second-order valence-corrected chi connectivity index (χ2v) is 12.7. The van der Waals surface area contributed by atoms with Gasteiger partial charge in [0.15, 0.2) is 11.6 Å². The zero-order valence-electron chi connectivity index (χ0n) is 22.4. The number of esters is 3. The van der Waals surface area contributed by atoms with Gasteiger partial charge in [0.25, 0.3) is 0 Å². The lowest BCUT2D eigenvalue weighted by Gasteiger charge is -2.66. The molecule has 0 radical (unpaired) electrons. The average molecular weight is 501 g/mol. The molecule has 4 fully saturated rings. The maximum atomic E-state index is 14.1. The molecule has 0 unspecified atom stereocenters. The normalized spacial score (nSPS) is 48.3. The van der Waals surface area contributed by atoms with Crippen LogP contribution < -0.4 is 0 Å². The first-order chi connectivity index (χ1) is 16.6. The maximum absolute atomic E-state index is 14.1. The van der Waals surface area contributed by atoms with Gasteiger partial charge in [-0.25, -0.2) is 0 Å². The lowest BCUT2D eigenvalue weighted by atomic mass is 9.33. The first-order valence-corrected chi connectivity index (χ1v) is 12.8. The van der Waals surface area contributed by atoms with Crippen molar-refractivity contribution in [3.05, 3.63) is 11.6 Å². The van der Waals surface area contributed by atoms with E-state index in [4.69, 9.17) is 14.2 Å². The predicted molar refractivity (Wildman–Crippen MR) is 126 cm³/mol. The van der Waals surface area contributed by atoms with E-state index >= 15 is 0 Å². The van der Waals surface area contributed by atoms with Gasteiger partial charge in [0.1, 0.15) is 17.6 Å². The van der Waals surface area contributed by atoms with Gasteiger partial charge in [-0.2, -0.15) is 0 Å². The number of hydrogen-bond acceptors (Lipinski definition) is 8. The maximum Gasteiger partial charge on any atom is 0.321 e. The molecule has 5 rings (SSSR count). The van der Waals surface area contributed by atoms with Gasteiger partial charge in [-0.3, -0.25) is 24.0 Å². The van der Waals surface area contributed by atoms with Crippen LogP contribution in [0.3, 0.4) is 0 Å². The topological polar surface area (TPSA) is 113 Å². The summed E-state index contributed by atoms with van der Waals surface area (Å²) in [4.78, 5) is 67.4. The summed E-state index contributed by atoms with van der Waals surface area (Å²) in [6.07, 6.45) is 2.07. The van der Waals surface area contributed by atoms with Crippen molar-refractivity contribution in [3.8, 4) is 0 Å². The van der Waals surface area contributed by atoms with Gasteiger partial charge in [-0.05, 0) is 40.0 Å². The smallest absolute Gasteiger partial charge is 0.321 e. The molecule has 9 atom stereocenters. The van der Waals surface area contributed by atoms with Crippen LogP contribution in [0.4, 0.5) is 0 Å². The van der Waals surface area contributed by atoms with E-state index in [1.54, 1.807) is 20.8 Å². The Labute approximate surface area is 211 Å². The Morgan fingerprint density at radius 3 is 2.31 bits per heavy atom. The number of methoxy groups -OCH3 is 1. The fraction of sp³-hybridized carbons (Fsp3) is 0.750. The molecule has 3 saturated carbocycles. The van der Waals surface area contributed by atoms with Crippen LogP contribution in [0.1, 0.15) is 67.7 Å². The predicted octanol–water partition coefficient (Wildman–Crippen LogP) is 3.21. The zero-order valence-corrected chi connectivity index (χ0v) is 22.4. The van der Waals surface area contributed by atoms with Gasteiger partial charge in [0.2, 0.25) is 0 Å². The van der Waals surface area contributed by atoms with Gasteiger partial charge in [-0.1, -0.05) is 32.4 Å². The van der Waals surface area contributed by atoms with Crippen LogP contribution in [0.25, 0.3) is 0 Å². The third kappa shape index (κ3) is 2.31. The number of carbonyl (C=O) groups excluding carboxylic acids is 5. The van der Waals surface area contributed by atoms with Crippen molar-refractivity contribution in [1.29, 1.82) is 0 Å². The Bertz CT molecular complexity index is 1150. The highest BCUT2D eigenvalue weighted by Gasteiger charge is 2.86. The quantitative estimate of drug-likeness (QED) is 0.246. The summed E-state index contributed by atoms with van der Waals surface area (Å²) in [6.45, 7) is 12.3. The largest absolute Gasteiger partial charge is 0.468 e. The number of hydrogen-bond donors (Lipinski definition) is 0. The molecule has 0 N–H and O–H groups in total. The Morgan fingerprint density at radius 2 is 1.72 bits per heavy atom. The summed E-state index contributed by atoms with van der Waals surface area (Å²) in [6, 6.07) is 0. The highest BCUT2D eigenvalue weighted by molar-refractivity contribution is 6.25. The van der Waals surface area contributed by atoms with Gasteiger partial charge >= 0.3 is 17.9 Å². The van der Waals surface area contributed by atoms with E-state index in [-0.39, 0.29) is 30.1 Å². The van der Waals surface area contributed by atoms with Crippen molar-refractivity contribution < 1.29 is 38.2 Å². The van der Waals surface area contributed by atoms with E-state index in [2.05, 4.69) is 0 Å². The van der Waals surface area contributed by atoms with Crippen LogP contribution in [0, 0.1) is 44.8 Å². The van der Waals surface area contributed by atoms with Gasteiger partial charge in [-0.15, -0.1) is 0 Å². The molecule has 0 aromatic rings. The molecule has 8 heteroatoms. The molecule has 0 aromatic carbocycles. The Kier molecular flexibility index (Phi) is 4.94. The molecule has 0 aromatic heterocycles. The standard InChI is InChI=1S/C28H36O8/c1-13-11-17-25(6,28(23(33)34-8)21(31)14(2)20(30)26(13,28)7)12-16-19-24(4,5)18(35-15(3)29)9-10-27(17,19)22(32)36-16/h11,14,16-19H,9-10,12H2,1-8H3/t14-,16+,17+,18+,19+,25+,26+,27-,28-/m0/s1. The van der Waals surface area contributed by atoms with E-state index in [0.717, 1.165) is 0 Å². The Hall–Kier alpha value is -2.51. The summed E-state index contributed by atoms with van der Waals surface area (Å²) in [5, 5.41) is 0. The number of Topliss-reactive ketones (excluding diaryl/α,β-unsaturated/α-hetero) is 2. The van der Waals surface area contributed by atoms with Crippen molar-refractivity contribution in [1.82, 2.24) is 0 Å². The van der Waals surface area contributed by atoms with Crippen molar-refractivity contribution in [2.75, 3.05) is 7.11 Å². The van der Waals surface area contributed by atoms with E-state index < -0.39 is 62.9 Å². The third-order valence-corrected chi connectivity index (χ3v) is 11.1. The van der Waals surface area contributed by atoms with Crippen LogP contribution in [-0.4, -0.2) is 48.8 Å². The first kappa shape index (κ1) is 25.2. The number of fused-ring (bicyclic) bond motifs is 3. The Morgan fingerprint density at radius 1 is 1.08 bits per heavy atom. The molecule has 1 saturated heterocycles. The number of ether oxygens (including phenoxy) is 3. The first-order valence-electron chi connectivity index (χ1n) is 12.8. The van der Waals surface area contributed by atoms with E-state index in [1.165, 1.54) is 14.0 Å². The lowest BCUT2D eigenvalue weighted by Crippen LogP contribution is -2.71. The van der Waals surface area contributed by atoms with Crippen molar-refractivity contribution in [2.45, 2.75) is 79.9 Å². The molecule has 0 amide bonds. The highest BCUT2D eigenvalue weighted by atomic mass is 16.6.